The first-order chi connectivity index (χ1) is 19.9. The van der Waals surface area contributed by atoms with Crippen molar-refractivity contribution in [2.24, 2.45) is 5.73 Å². The lowest BCUT2D eigenvalue weighted by Gasteiger charge is -2.21. The third-order valence-electron chi connectivity index (χ3n) is 5.56. The lowest BCUT2D eigenvalue weighted by molar-refractivity contribution is -0.189. The molecule has 2 aromatic carbocycles. The van der Waals surface area contributed by atoms with E-state index in [0.29, 0.717) is 0 Å². The molecular formula is C25H22F4N8O5. The lowest BCUT2D eigenvalue weighted by Crippen LogP contribution is -2.29. The topological polar surface area (TPSA) is 183 Å². The summed E-state index contributed by atoms with van der Waals surface area (Å²) in [6, 6.07) is 5.88. The molecule has 42 heavy (non-hydrogen) atoms. The van der Waals surface area contributed by atoms with Crippen molar-refractivity contribution in [3.63, 3.8) is 0 Å². The maximum atomic E-state index is 15.5. The molecule has 0 radical (unpaired) electrons. The third-order valence-corrected chi connectivity index (χ3v) is 5.56. The number of alkyl halides is 3. The van der Waals surface area contributed by atoms with Gasteiger partial charge in [0.1, 0.15) is 23.4 Å². The summed E-state index contributed by atoms with van der Waals surface area (Å²) in [5.74, 6) is -4.81. The Bertz CT molecular complexity index is 1670. The normalized spacial score (nSPS) is 12.0. The number of rotatable bonds is 10. The maximum Gasteiger partial charge on any atom is 0.491 e. The van der Waals surface area contributed by atoms with Crippen molar-refractivity contribution < 1.29 is 36.6 Å². The number of anilines is 1. The van der Waals surface area contributed by atoms with Crippen LogP contribution in [-0.4, -0.2) is 56.4 Å². The average Bonchev–Trinajstić information content (AvgIpc) is 3.33. The predicted molar refractivity (Wildman–Crippen MR) is 139 cm³/mol. The maximum absolute atomic E-state index is 15.5. The van der Waals surface area contributed by atoms with Crippen LogP contribution in [0.15, 0.2) is 53.6 Å². The zero-order valence-electron chi connectivity index (χ0n) is 21.8. The van der Waals surface area contributed by atoms with Crippen LogP contribution in [0.4, 0.5) is 23.2 Å². The fourth-order valence-corrected chi connectivity index (χ4v) is 3.74. The number of carbonyl (C=O) groups excluding carboxylic acids is 1. The quantitative estimate of drug-likeness (QED) is 0.0704. The molecule has 0 amide bonds. The van der Waals surface area contributed by atoms with Crippen molar-refractivity contribution in [1.29, 1.82) is 5.41 Å². The van der Waals surface area contributed by atoms with Gasteiger partial charge in [-0.15, -0.1) is 9.78 Å². The fraction of sp³-hybridized carbons (Fsp3) is 0.200. The molecule has 1 atom stereocenters. The number of methoxy groups -OCH3 is 1. The molecule has 0 aliphatic heterocycles. The minimum absolute atomic E-state index is 0.0329. The van der Waals surface area contributed by atoms with Gasteiger partial charge in [0.25, 0.3) is 5.95 Å². The van der Waals surface area contributed by atoms with E-state index in [4.69, 9.17) is 20.6 Å². The van der Waals surface area contributed by atoms with E-state index in [1.165, 1.54) is 37.7 Å². The summed E-state index contributed by atoms with van der Waals surface area (Å²) in [6.45, 7) is 1.88. The number of nitrogens with two attached hydrogens (primary N) is 1. The van der Waals surface area contributed by atoms with Gasteiger partial charge in [-0.05, 0) is 31.2 Å². The molecule has 17 heteroatoms. The van der Waals surface area contributed by atoms with Crippen molar-refractivity contribution in [3.8, 4) is 23.2 Å². The van der Waals surface area contributed by atoms with E-state index in [0.717, 1.165) is 22.9 Å². The van der Waals surface area contributed by atoms with Crippen molar-refractivity contribution >= 4 is 17.5 Å². The van der Waals surface area contributed by atoms with Gasteiger partial charge in [0.15, 0.2) is 17.3 Å². The Morgan fingerprint density at radius 3 is 2.50 bits per heavy atom. The van der Waals surface area contributed by atoms with Crippen LogP contribution in [0, 0.1) is 11.2 Å². The average molecular weight is 590 g/mol. The van der Waals surface area contributed by atoms with Crippen LogP contribution in [0.2, 0.25) is 0 Å². The molecule has 0 bridgehead atoms. The van der Waals surface area contributed by atoms with E-state index < -0.39 is 41.3 Å². The number of carbonyl (C=O) groups is 1. The SMILES string of the molecule is CCOc1cc(C(Nc2ccc(C(=N)N)c(OC(=O)C(F)(F)F)c2)c2nn(-c3ncccn3)c(=O)[nH]2)c(F)cc1OC. The Morgan fingerprint density at radius 1 is 1.17 bits per heavy atom. The molecule has 5 N–H and O–H groups in total. The molecule has 1 unspecified atom stereocenters. The summed E-state index contributed by atoms with van der Waals surface area (Å²) < 4.78 is 70.3. The molecule has 4 aromatic rings. The zero-order valence-corrected chi connectivity index (χ0v) is 21.8. The highest BCUT2D eigenvalue weighted by Gasteiger charge is 2.42. The summed E-state index contributed by atoms with van der Waals surface area (Å²) in [7, 11) is 1.31. The van der Waals surface area contributed by atoms with Crippen LogP contribution in [0.1, 0.15) is 29.9 Å². The van der Waals surface area contributed by atoms with Gasteiger partial charge in [0.2, 0.25) is 0 Å². The van der Waals surface area contributed by atoms with Gasteiger partial charge >= 0.3 is 17.8 Å². The summed E-state index contributed by atoms with van der Waals surface area (Å²) in [6.07, 6.45) is -2.60. The molecule has 0 aliphatic rings. The van der Waals surface area contributed by atoms with Crippen LogP contribution >= 0.6 is 0 Å². The van der Waals surface area contributed by atoms with Crippen LogP contribution in [0.5, 0.6) is 17.2 Å². The number of hydrogen-bond acceptors (Lipinski definition) is 10. The number of aromatic amines is 1. The Labute approximate surface area is 233 Å². The van der Waals surface area contributed by atoms with Gasteiger partial charge in [-0.1, -0.05) is 0 Å². The first-order valence-electron chi connectivity index (χ1n) is 11.9. The zero-order chi connectivity index (χ0) is 30.6. The van der Waals surface area contributed by atoms with Gasteiger partial charge < -0.3 is 25.3 Å². The highest BCUT2D eigenvalue weighted by molar-refractivity contribution is 5.99. The van der Waals surface area contributed by atoms with Crippen LogP contribution in [-0.2, 0) is 4.79 Å². The standard InChI is InChI=1S/C25H22F4N8O5/c1-3-41-18-10-14(15(26)11-17(18)40-2)19(21-35-24(39)37(36-21)23-32-7-4-8-33-23)34-12-5-6-13(20(30)31)16(9-12)42-22(38)25(27,28)29/h4-11,19,34H,3H2,1-2H3,(H3,30,31)(H,35,36,39). The largest absolute Gasteiger partial charge is 0.493 e. The van der Waals surface area contributed by atoms with Crippen LogP contribution in [0.25, 0.3) is 5.95 Å². The van der Waals surface area contributed by atoms with E-state index in [-0.39, 0.29) is 46.7 Å². The lowest BCUT2D eigenvalue weighted by atomic mass is 10.0. The second-order valence-electron chi connectivity index (χ2n) is 8.32. The summed E-state index contributed by atoms with van der Waals surface area (Å²) in [5, 5.41) is 14.7. The molecular weight excluding hydrogens is 568 g/mol. The van der Waals surface area contributed by atoms with Gasteiger partial charge in [-0.2, -0.15) is 13.2 Å². The molecule has 4 rings (SSSR count). The molecule has 0 saturated carbocycles. The fourth-order valence-electron chi connectivity index (χ4n) is 3.74. The Balaban J connectivity index is 1.86. The minimum atomic E-state index is -5.34. The molecule has 2 heterocycles. The molecule has 0 fully saturated rings. The first-order valence-corrected chi connectivity index (χ1v) is 11.9. The second kappa shape index (κ2) is 11.9. The number of nitrogen functional groups attached to an aromatic ring is 1. The van der Waals surface area contributed by atoms with Crippen LogP contribution in [0.3, 0.4) is 0 Å². The number of H-pyrrole nitrogens is 1. The number of benzene rings is 2. The van der Waals surface area contributed by atoms with Crippen molar-refractivity contribution in [2.75, 3.05) is 19.0 Å². The van der Waals surface area contributed by atoms with Gasteiger partial charge in [0.05, 0.1) is 19.3 Å². The van der Waals surface area contributed by atoms with E-state index >= 15 is 4.39 Å². The molecule has 2 aromatic heterocycles. The van der Waals surface area contributed by atoms with E-state index in [1.807, 2.05) is 0 Å². The van der Waals surface area contributed by atoms with Crippen molar-refractivity contribution in [2.45, 2.75) is 19.1 Å². The monoisotopic (exact) mass is 590 g/mol. The number of esters is 1. The smallest absolute Gasteiger partial charge is 0.491 e. The molecule has 0 spiro atoms. The number of aromatic nitrogens is 5. The van der Waals surface area contributed by atoms with Crippen molar-refractivity contribution in [3.05, 3.63) is 82.0 Å². The van der Waals surface area contributed by atoms with Gasteiger partial charge in [-0.25, -0.2) is 23.9 Å². The Morgan fingerprint density at radius 2 is 1.88 bits per heavy atom. The molecule has 13 nitrogen and oxygen atoms in total. The number of nitrogens with zero attached hydrogens (tertiary/aromatic N) is 4. The number of amidine groups is 1. The number of ether oxygens (including phenoxy) is 3. The van der Waals surface area contributed by atoms with Gasteiger partial charge in [-0.3, -0.25) is 10.4 Å². The Kier molecular flexibility index (Phi) is 8.39. The minimum Gasteiger partial charge on any atom is -0.493 e. The first kappa shape index (κ1) is 29.5. The van der Waals surface area contributed by atoms with Crippen molar-refractivity contribution in [1.82, 2.24) is 24.7 Å². The summed E-state index contributed by atoms with van der Waals surface area (Å²) >= 11 is 0. The van der Waals surface area contributed by atoms with E-state index in [1.54, 1.807) is 6.92 Å². The summed E-state index contributed by atoms with van der Waals surface area (Å²) in [5.41, 5.74) is 4.19. The number of nitrogens with one attached hydrogen (secondary N) is 3. The molecule has 0 saturated heterocycles. The number of halogens is 4. The van der Waals surface area contributed by atoms with Gasteiger partial charge in [0, 0.05) is 35.8 Å². The highest BCUT2D eigenvalue weighted by atomic mass is 19.4. The summed E-state index contributed by atoms with van der Waals surface area (Å²) in [4.78, 5) is 34.7. The van der Waals surface area contributed by atoms with Crippen LogP contribution < -0.4 is 31.0 Å². The van der Waals surface area contributed by atoms with E-state index in [2.05, 4.69) is 30.1 Å². The van der Waals surface area contributed by atoms with E-state index in [9.17, 15) is 22.8 Å². The molecule has 220 valence electrons. The predicted octanol–water partition coefficient (Wildman–Crippen LogP) is 2.85. The number of hydrogen-bond donors (Lipinski definition) is 4. The third kappa shape index (κ3) is 6.29. The molecule has 0 aliphatic carbocycles. The second-order valence-corrected chi connectivity index (χ2v) is 8.32. The Hall–Kier alpha value is -5.48. The highest BCUT2D eigenvalue weighted by Crippen LogP contribution is 2.36.